The SMILES string of the molecule is CCCCCC(C)Nc1ccccc1-c1nc(C)no1. The number of para-hydroxylation sites is 1. The summed E-state index contributed by atoms with van der Waals surface area (Å²) in [6.07, 6.45) is 4.97. The van der Waals surface area contributed by atoms with Gasteiger partial charge in [-0.15, -0.1) is 0 Å². The summed E-state index contributed by atoms with van der Waals surface area (Å²) in [4.78, 5) is 4.31. The third kappa shape index (κ3) is 3.83. The van der Waals surface area contributed by atoms with Crippen molar-refractivity contribution in [1.82, 2.24) is 10.1 Å². The van der Waals surface area contributed by atoms with Gasteiger partial charge in [-0.25, -0.2) is 0 Å². The van der Waals surface area contributed by atoms with Crippen LogP contribution in [0.15, 0.2) is 28.8 Å². The van der Waals surface area contributed by atoms with Crippen LogP contribution in [0.4, 0.5) is 5.69 Å². The van der Waals surface area contributed by atoms with Crippen molar-refractivity contribution in [3.8, 4) is 11.5 Å². The second-order valence-corrected chi connectivity index (χ2v) is 5.23. The summed E-state index contributed by atoms with van der Waals surface area (Å²) in [5.41, 5.74) is 2.02. The van der Waals surface area contributed by atoms with Crippen molar-refractivity contribution < 1.29 is 4.52 Å². The first-order valence-corrected chi connectivity index (χ1v) is 7.37. The number of aryl methyl sites for hydroxylation is 1. The lowest BCUT2D eigenvalue weighted by atomic mass is 10.1. The van der Waals surface area contributed by atoms with Crippen molar-refractivity contribution in [2.24, 2.45) is 0 Å². The molecule has 0 radical (unpaired) electrons. The molecule has 0 aliphatic heterocycles. The highest BCUT2D eigenvalue weighted by atomic mass is 16.5. The molecule has 0 fully saturated rings. The molecule has 0 saturated carbocycles. The fourth-order valence-electron chi connectivity index (χ4n) is 2.24. The lowest BCUT2D eigenvalue weighted by Gasteiger charge is -2.16. The van der Waals surface area contributed by atoms with Crippen molar-refractivity contribution in [1.29, 1.82) is 0 Å². The zero-order chi connectivity index (χ0) is 14.4. The number of unbranched alkanes of at least 4 members (excludes halogenated alkanes) is 2. The van der Waals surface area contributed by atoms with Gasteiger partial charge in [0.05, 0.1) is 5.56 Å². The highest BCUT2D eigenvalue weighted by Gasteiger charge is 2.12. The first-order chi connectivity index (χ1) is 9.70. The molecule has 0 saturated heterocycles. The van der Waals surface area contributed by atoms with E-state index in [0.29, 0.717) is 17.8 Å². The van der Waals surface area contributed by atoms with Gasteiger partial charge in [0.1, 0.15) is 0 Å². The standard InChI is InChI=1S/C16H23N3O/c1-4-5-6-9-12(2)17-15-11-8-7-10-14(15)16-18-13(3)19-20-16/h7-8,10-12,17H,4-6,9H2,1-3H3. The summed E-state index contributed by atoms with van der Waals surface area (Å²) in [5.74, 6) is 1.23. The van der Waals surface area contributed by atoms with Crippen molar-refractivity contribution in [3.05, 3.63) is 30.1 Å². The summed E-state index contributed by atoms with van der Waals surface area (Å²) in [5, 5.41) is 7.41. The maximum absolute atomic E-state index is 5.27. The van der Waals surface area contributed by atoms with Gasteiger partial charge in [0.15, 0.2) is 5.82 Å². The number of hydrogen-bond acceptors (Lipinski definition) is 4. The van der Waals surface area contributed by atoms with Crippen LogP contribution in [-0.4, -0.2) is 16.2 Å². The topological polar surface area (TPSA) is 51.0 Å². The maximum atomic E-state index is 5.27. The Morgan fingerprint density at radius 3 is 2.75 bits per heavy atom. The molecule has 0 amide bonds. The molecule has 0 aliphatic carbocycles. The third-order valence-electron chi connectivity index (χ3n) is 3.33. The minimum absolute atomic E-state index is 0.437. The minimum Gasteiger partial charge on any atom is -0.382 e. The summed E-state index contributed by atoms with van der Waals surface area (Å²) in [6, 6.07) is 8.52. The van der Waals surface area contributed by atoms with Crippen molar-refractivity contribution in [3.63, 3.8) is 0 Å². The monoisotopic (exact) mass is 273 g/mol. The van der Waals surface area contributed by atoms with Crippen LogP contribution in [0.25, 0.3) is 11.5 Å². The van der Waals surface area contributed by atoms with Crippen LogP contribution >= 0.6 is 0 Å². The molecule has 2 rings (SSSR count). The van der Waals surface area contributed by atoms with Gasteiger partial charge in [0, 0.05) is 11.7 Å². The Hall–Kier alpha value is -1.84. The Kier molecular flexibility index (Phi) is 5.16. The predicted molar refractivity (Wildman–Crippen MR) is 81.7 cm³/mol. The van der Waals surface area contributed by atoms with Gasteiger partial charge in [-0.3, -0.25) is 0 Å². The zero-order valence-electron chi connectivity index (χ0n) is 12.5. The molecule has 108 valence electrons. The fraction of sp³-hybridized carbons (Fsp3) is 0.500. The molecule has 0 aliphatic rings. The first-order valence-electron chi connectivity index (χ1n) is 7.37. The summed E-state index contributed by atoms with van der Waals surface area (Å²) < 4.78 is 5.27. The van der Waals surface area contributed by atoms with E-state index < -0.39 is 0 Å². The van der Waals surface area contributed by atoms with E-state index in [1.165, 1.54) is 25.7 Å². The number of nitrogens with one attached hydrogen (secondary N) is 1. The third-order valence-corrected chi connectivity index (χ3v) is 3.33. The highest BCUT2D eigenvalue weighted by molar-refractivity contribution is 5.72. The molecule has 1 aromatic carbocycles. The highest BCUT2D eigenvalue weighted by Crippen LogP contribution is 2.27. The minimum atomic E-state index is 0.437. The summed E-state index contributed by atoms with van der Waals surface area (Å²) >= 11 is 0. The van der Waals surface area contributed by atoms with Gasteiger partial charge in [0.2, 0.25) is 0 Å². The molecule has 4 heteroatoms. The Bertz CT molecular complexity index is 536. The molecular formula is C16H23N3O. The van der Waals surface area contributed by atoms with E-state index in [-0.39, 0.29) is 0 Å². The van der Waals surface area contributed by atoms with Crippen molar-refractivity contribution in [2.75, 3.05) is 5.32 Å². The first kappa shape index (κ1) is 14.6. The Balaban J connectivity index is 2.08. The van der Waals surface area contributed by atoms with Crippen molar-refractivity contribution >= 4 is 5.69 Å². The van der Waals surface area contributed by atoms with E-state index in [1.54, 1.807) is 0 Å². The smallest absolute Gasteiger partial charge is 0.260 e. The molecule has 1 unspecified atom stereocenters. The lowest BCUT2D eigenvalue weighted by molar-refractivity contribution is 0.425. The van der Waals surface area contributed by atoms with Crippen molar-refractivity contribution in [2.45, 2.75) is 52.5 Å². The van der Waals surface area contributed by atoms with E-state index in [1.807, 2.05) is 25.1 Å². The Morgan fingerprint density at radius 2 is 2.05 bits per heavy atom. The molecule has 1 atom stereocenters. The van der Waals surface area contributed by atoms with Gasteiger partial charge in [-0.1, -0.05) is 43.5 Å². The number of rotatable bonds is 7. The predicted octanol–water partition coefficient (Wildman–Crippen LogP) is 4.43. The maximum Gasteiger partial charge on any atom is 0.260 e. The second kappa shape index (κ2) is 7.08. The van der Waals surface area contributed by atoms with E-state index in [2.05, 4.69) is 35.4 Å². The van der Waals surface area contributed by atoms with E-state index in [4.69, 9.17) is 4.52 Å². The van der Waals surface area contributed by atoms with Gasteiger partial charge in [-0.05, 0) is 32.4 Å². The lowest BCUT2D eigenvalue weighted by Crippen LogP contribution is -2.15. The van der Waals surface area contributed by atoms with E-state index in [0.717, 1.165) is 11.3 Å². The number of nitrogens with zero attached hydrogens (tertiary/aromatic N) is 2. The second-order valence-electron chi connectivity index (χ2n) is 5.23. The van der Waals surface area contributed by atoms with Crippen LogP contribution in [0, 0.1) is 6.92 Å². The van der Waals surface area contributed by atoms with E-state index in [9.17, 15) is 0 Å². The van der Waals surface area contributed by atoms with E-state index >= 15 is 0 Å². The van der Waals surface area contributed by atoms with Gasteiger partial charge in [0.25, 0.3) is 5.89 Å². The molecule has 4 nitrogen and oxygen atoms in total. The molecule has 1 heterocycles. The summed E-state index contributed by atoms with van der Waals surface area (Å²) in [6.45, 7) is 6.27. The number of anilines is 1. The number of aromatic nitrogens is 2. The van der Waals surface area contributed by atoms with Gasteiger partial charge >= 0.3 is 0 Å². The van der Waals surface area contributed by atoms with Gasteiger partial charge < -0.3 is 9.84 Å². The van der Waals surface area contributed by atoms with Gasteiger partial charge in [-0.2, -0.15) is 4.98 Å². The average molecular weight is 273 g/mol. The molecule has 0 bridgehead atoms. The normalized spacial score (nSPS) is 12.3. The number of benzene rings is 1. The van der Waals surface area contributed by atoms with Crippen LogP contribution in [0.3, 0.4) is 0 Å². The average Bonchev–Trinajstić information content (AvgIpc) is 2.86. The molecule has 1 aromatic heterocycles. The quantitative estimate of drug-likeness (QED) is 0.758. The Morgan fingerprint density at radius 1 is 1.25 bits per heavy atom. The van der Waals surface area contributed by atoms with Crippen LogP contribution in [0.5, 0.6) is 0 Å². The molecule has 1 N–H and O–H groups in total. The van der Waals surface area contributed by atoms with Crippen LogP contribution in [-0.2, 0) is 0 Å². The number of hydrogen-bond donors (Lipinski definition) is 1. The van der Waals surface area contributed by atoms with Crippen LogP contribution < -0.4 is 5.32 Å². The van der Waals surface area contributed by atoms with Crippen LogP contribution in [0.2, 0.25) is 0 Å². The van der Waals surface area contributed by atoms with Crippen LogP contribution in [0.1, 0.15) is 45.4 Å². The zero-order valence-corrected chi connectivity index (χ0v) is 12.5. The molecule has 20 heavy (non-hydrogen) atoms. The molecule has 2 aromatic rings. The Labute approximate surface area is 120 Å². The summed E-state index contributed by atoms with van der Waals surface area (Å²) in [7, 11) is 0. The largest absolute Gasteiger partial charge is 0.382 e. The fourth-order valence-corrected chi connectivity index (χ4v) is 2.24. The molecular weight excluding hydrogens is 250 g/mol. The molecule has 0 spiro atoms.